The van der Waals surface area contributed by atoms with Crippen molar-refractivity contribution in [2.45, 2.75) is 0 Å². The zero-order valence-electron chi connectivity index (χ0n) is 10.0. The van der Waals surface area contributed by atoms with Crippen molar-refractivity contribution in [3.63, 3.8) is 0 Å². The standard InChI is InChI=1S/C13H16N4/c1-16-7-9-17(10-8-16)13-5-4-11-12(15-13)3-2-6-14-11/h2-6H,7-10H2,1H3. The van der Waals surface area contributed by atoms with E-state index in [0.717, 1.165) is 43.0 Å². The minimum Gasteiger partial charge on any atom is -0.354 e. The second-order valence-corrected chi connectivity index (χ2v) is 4.50. The maximum Gasteiger partial charge on any atom is 0.129 e. The maximum atomic E-state index is 4.67. The Morgan fingerprint density at radius 2 is 1.82 bits per heavy atom. The first-order chi connectivity index (χ1) is 8.33. The molecule has 1 saturated heterocycles. The van der Waals surface area contributed by atoms with Crippen molar-refractivity contribution >= 4 is 16.9 Å². The molecule has 3 heterocycles. The summed E-state index contributed by atoms with van der Waals surface area (Å²) in [6.45, 7) is 4.31. The SMILES string of the molecule is CN1CCN(c2ccc3ncccc3n2)CC1. The van der Waals surface area contributed by atoms with E-state index in [1.807, 2.05) is 12.1 Å². The van der Waals surface area contributed by atoms with Crippen LogP contribution in [0.3, 0.4) is 0 Å². The van der Waals surface area contributed by atoms with E-state index in [0.29, 0.717) is 0 Å². The zero-order valence-corrected chi connectivity index (χ0v) is 10.0. The number of likely N-dealkylation sites (N-methyl/N-ethyl adjacent to an activating group) is 1. The highest BCUT2D eigenvalue weighted by Gasteiger charge is 2.15. The molecule has 0 aromatic carbocycles. The van der Waals surface area contributed by atoms with Gasteiger partial charge in [0.2, 0.25) is 0 Å². The molecule has 2 aromatic rings. The van der Waals surface area contributed by atoms with E-state index in [9.17, 15) is 0 Å². The van der Waals surface area contributed by atoms with Crippen molar-refractivity contribution in [3.05, 3.63) is 30.5 Å². The van der Waals surface area contributed by atoms with Gasteiger partial charge in [0, 0.05) is 32.4 Å². The Balaban J connectivity index is 1.90. The third-order valence-corrected chi connectivity index (χ3v) is 3.27. The van der Waals surface area contributed by atoms with Crippen molar-refractivity contribution in [1.82, 2.24) is 14.9 Å². The van der Waals surface area contributed by atoms with Gasteiger partial charge in [-0.25, -0.2) is 4.98 Å². The molecule has 0 atom stereocenters. The van der Waals surface area contributed by atoms with Crippen LogP contribution >= 0.6 is 0 Å². The number of fused-ring (bicyclic) bond motifs is 1. The van der Waals surface area contributed by atoms with Crippen LogP contribution in [-0.2, 0) is 0 Å². The summed E-state index contributed by atoms with van der Waals surface area (Å²) in [5.41, 5.74) is 1.94. The van der Waals surface area contributed by atoms with Crippen LogP contribution in [0.2, 0.25) is 0 Å². The smallest absolute Gasteiger partial charge is 0.129 e. The second kappa shape index (κ2) is 4.30. The monoisotopic (exact) mass is 228 g/mol. The largest absolute Gasteiger partial charge is 0.354 e. The number of piperazine rings is 1. The van der Waals surface area contributed by atoms with Crippen molar-refractivity contribution in [2.75, 3.05) is 38.1 Å². The van der Waals surface area contributed by atoms with Crippen LogP contribution < -0.4 is 4.90 Å². The number of anilines is 1. The van der Waals surface area contributed by atoms with Crippen molar-refractivity contribution < 1.29 is 0 Å². The molecule has 0 amide bonds. The molecule has 3 rings (SSSR count). The molecule has 88 valence electrons. The van der Waals surface area contributed by atoms with Gasteiger partial charge in [0.1, 0.15) is 5.82 Å². The van der Waals surface area contributed by atoms with E-state index < -0.39 is 0 Å². The van der Waals surface area contributed by atoms with E-state index in [1.54, 1.807) is 6.20 Å². The molecule has 0 unspecified atom stereocenters. The summed E-state index contributed by atoms with van der Waals surface area (Å²) in [6.07, 6.45) is 1.81. The molecule has 0 N–H and O–H groups in total. The highest BCUT2D eigenvalue weighted by Crippen LogP contribution is 2.17. The predicted octanol–water partition coefficient (Wildman–Crippen LogP) is 1.38. The van der Waals surface area contributed by atoms with Crippen LogP contribution in [0.4, 0.5) is 5.82 Å². The molecule has 1 aliphatic rings. The van der Waals surface area contributed by atoms with E-state index in [2.05, 4.69) is 38.9 Å². The van der Waals surface area contributed by atoms with Crippen molar-refractivity contribution in [1.29, 1.82) is 0 Å². The number of rotatable bonds is 1. The Kier molecular flexibility index (Phi) is 2.65. The molecule has 0 radical (unpaired) electrons. The fourth-order valence-corrected chi connectivity index (χ4v) is 2.16. The molecule has 0 aliphatic carbocycles. The first-order valence-electron chi connectivity index (χ1n) is 5.98. The summed E-state index contributed by atoms with van der Waals surface area (Å²) >= 11 is 0. The molecule has 2 aromatic heterocycles. The lowest BCUT2D eigenvalue weighted by atomic mass is 10.3. The summed E-state index contributed by atoms with van der Waals surface area (Å²) in [5, 5.41) is 0. The van der Waals surface area contributed by atoms with E-state index in [-0.39, 0.29) is 0 Å². The van der Waals surface area contributed by atoms with Gasteiger partial charge in [0.15, 0.2) is 0 Å². The van der Waals surface area contributed by atoms with Gasteiger partial charge in [-0.1, -0.05) is 0 Å². The number of hydrogen-bond donors (Lipinski definition) is 0. The lowest BCUT2D eigenvalue weighted by Crippen LogP contribution is -2.44. The summed E-state index contributed by atoms with van der Waals surface area (Å²) < 4.78 is 0. The molecule has 4 nitrogen and oxygen atoms in total. The van der Waals surface area contributed by atoms with Gasteiger partial charge >= 0.3 is 0 Å². The fraction of sp³-hybridized carbons (Fsp3) is 0.385. The van der Waals surface area contributed by atoms with Gasteiger partial charge in [-0.2, -0.15) is 0 Å². The van der Waals surface area contributed by atoms with Gasteiger partial charge in [0.05, 0.1) is 11.0 Å². The van der Waals surface area contributed by atoms with Gasteiger partial charge in [-0.05, 0) is 31.3 Å². The average molecular weight is 228 g/mol. The summed E-state index contributed by atoms with van der Waals surface area (Å²) in [6, 6.07) is 8.07. The van der Waals surface area contributed by atoms with Gasteiger partial charge in [-0.3, -0.25) is 4.98 Å². The summed E-state index contributed by atoms with van der Waals surface area (Å²) in [7, 11) is 2.16. The van der Waals surface area contributed by atoms with Crippen LogP contribution in [0.15, 0.2) is 30.5 Å². The Labute approximate surface area is 101 Å². The zero-order chi connectivity index (χ0) is 11.7. The predicted molar refractivity (Wildman–Crippen MR) is 69.2 cm³/mol. The Morgan fingerprint density at radius 3 is 2.65 bits per heavy atom. The minimum atomic E-state index is 0.963. The number of hydrogen-bond acceptors (Lipinski definition) is 4. The molecule has 0 saturated carbocycles. The Morgan fingerprint density at radius 1 is 1.00 bits per heavy atom. The van der Waals surface area contributed by atoms with Crippen LogP contribution in [0.25, 0.3) is 11.0 Å². The number of aromatic nitrogens is 2. The maximum absolute atomic E-state index is 4.67. The average Bonchev–Trinajstić information content (AvgIpc) is 2.39. The third kappa shape index (κ3) is 2.08. The first kappa shape index (κ1) is 10.5. The van der Waals surface area contributed by atoms with E-state index >= 15 is 0 Å². The first-order valence-corrected chi connectivity index (χ1v) is 5.98. The number of pyridine rings is 2. The third-order valence-electron chi connectivity index (χ3n) is 3.27. The molecular formula is C13H16N4. The quantitative estimate of drug-likeness (QED) is 0.738. The molecule has 1 fully saturated rings. The van der Waals surface area contributed by atoms with Crippen molar-refractivity contribution in [3.8, 4) is 0 Å². The Bertz CT molecular complexity index is 518. The Hall–Kier alpha value is -1.68. The summed E-state index contributed by atoms with van der Waals surface area (Å²) in [4.78, 5) is 13.6. The minimum absolute atomic E-state index is 0.963. The van der Waals surface area contributed by atoms with Crippen LogP contribution in [0.5, 0.6) is 0 Å². The fourth-order valence-electron chi connectivity index (χ4n) is 2.16. The molecule has 0 spiro atoms. The van der Waals surface area contributed by atoms with Crippen LogP contribution in [0.1, 0.15) is 0 Å². The molecule has 4 heteroatoms. The van der Waals surface area contributed by atoms with Crippen LogP contribution in [-0.4, -0.2) is 48.1 Å². The highest BCUT2D eigenvalue weighted by atomic mass is 15.3. The topological polar surface area (TPSA) is 32.3 Å². The number of nitrogens with zero attached hydrogens (tertiary/aromatic N) is 4. The normalized spacial score (nSPS) is 17.6. The van der Waals surface area contributed by atoms with E-state index in [1.165, 1.54) is 0 Å². The molecular weight excluding hydrogens is 212 g/mol. The highest BCUT2D eigenvalue weighted by molar-refractivity contribution is 5.75. The second-order valence-electron chi connectivity index (χ2n) is 4.50. The molecule has 0 bridgehead atoms. The lowest BCUT2D eigenvalue weighted by molar-refractivity contribution is 0.312. The lowest BCUT2D eigenvalue weighted by Gasteiger charge is -2.33. The van der Waals surface area contributed by atoms with Gasteiger partial charge < -0.3 is 9.80 Å². The van der Waals surface area contributed by atoms with Crippen molar-refractivity contribution in [2.24, 2.45) is 0 Å². The van der Waals surface area contributed by atoms with Crippen LogP contribution in [0, 0.1) is 0 Å². The van der Waals surface area contributed by atoms with Gasteiger partial charge in [-0.15, -0.1) is 0 Å². The van der Waals surface area contributed by atoms with E-state index in [4.69, 9.17) is 0 Å². The molecule has 1 aliphatic heterocycles. The molecule has 17 heavy (non-hydrogen) atoms. The summed E-state index contributed by atoms with van der Waals surface area (Å²) in [5.74, 6) is 1.07. The van der Waals surface area contributed by atoms with Gasteiger partial charge in [0.25, 0.3) is 0 Å².